The van der Waals surface area contributed by atoms with Crippen molar-refractivity contribution in [2.45, 2.75) is 57.8 Å². The summed E-state index contributed by atoms with van der Waals surface area (Å²) in [7, 11) is 1.61. The number of ether oxygens (including phenoxy) is 2. The maximum Gasteiger partial charge on any atom is 0.247 e. The summed E-state index contributed by atoms with van der Waals surface area (Å²) in [5.74, 6) is 0.629. The van der Waals surface area contributed by atoms with E-state index >= 15 is 0 Å². The maximum atomic E-state index is 11.8. The molecule has 1 heterocycles. The van der Waals surface area contributed by atoms with Crippen LogP contribution in [-0.2, 0) is 20.9 Å². The van der Waals surface area contributed by atoms with E-state index in [0.29, 0.717) is 13.0 Å². The fourth-order valence-electron chi connectivity index (χ4n) is 2.84. The molecule has 0 saturated carbocycles. The standard InChI is InChI=1S/C19H27NO3/c1-3-4-6-11-18(23-14-15-9-7-5-8-10-15)17-12-16(22-2)13-19(21)20-17/h5,7-10,13,17-18H,3-4,6,11-12,14H2,1-2H3,(H,20,21)/t17-,18+/m1/s1. The highest BCUT2D eigenvalue weighted by molar-refractivity contribution is 5.89. The molecule has 1 aliphatic heterocycles. The summed E-state index contributed by atoms with van der Waals surface area (Å²) in [5, 5.41) is 3.02. The lowest BCUT2D eigenvalue weighted by Gasteiger charge is -2.31. The summed E-state index contributed by atoms with van der Waals surface area (Å²) in [6, 6.07) is 10.1. The first-order valence-electron chi connectivity index (χ1n) is 8.43. The van der Waals surface area contributed by atoms with Crippen LogP contribution in [0.5, 0.6) is 0 Å². The maximum absolute atomic E-state index is 11.8. The van der Waals surface area contributed by atoms with Gasteiger partial charge in [-0.25, -0.2) is 0 Å². The first kappa shape index (κ1) is 17.5. The minimum Gasteiger partial charge on any atom is -0.501 e. The van der Waals surface area contributed by atoms with Crippen LogP contribution in [0.25, 0.3) is 0 Å². The molecule has 4 heteroatoms. The number of carbonyl (C=O) groups is 1. The monoisotopic (exact) mass is 317 g/mol. The Hall–Kier alpha value is -1.81. The van der Waals surface area contributed by atoms with Gasteiger partial charge in [0.15, 0.2) is 0 Å². The number of hydrogen-bond donors (Lipinski definition) is 1. The van der Waals surface area contributed by atoms with Gasteiger partial charge in [-0.05, 0) is 12.0 Å². The Kier molecular flexibility index (Phi) is 7.14. The molecule has 2 rings (SSSR count). The topological polar surface area (TPSA) is 47.6 Å². The smallest absolute Gasteiger partial charge is 0.247 e. The van der Waals surface area contributed by atoms with Gasteiger partial charge in [-0.1, -0.05) is 56.5 Å². The fourth-order valence-corrected chi connectivity index (χ4v) is 2.84. The minimum atomic E-state index is -0.0955. The van der Waals surface area contributed by atoms with Gasteiger partial charge < -0.3 is 14.8 Å². The van der Waals surface area contributed by atoms with E-state index in [9.17, 15) is 4.79 Å². The summed E-state index contributed by atoms with van der Waals surface area (Å²) in [6.45, 7) is 2.75. The van der Waals surface area contributed by atoms with Crippen LogP contribution < -0.4 is 5.32 Å². The summed E-state index contributed by atoms with van der Waals surface area (Å²) < 4.78 is 11.4. The lowest BCUT2D eigenvalue weighted by atomic mass is 9.97. The molecule has 0 aromatic heterocycles. The molecule has 4 nitrogen and oxygen atoms in total. The molecule has 0 bridgehead atoms. The molecule has 126 valence electrons. The van der Waals surface area contributed by atoms with Crippen LogP contribution in [0.1, 0.15) is 44.6 Å². The van der Waals surface area contributed by atoms with E-state index < -0.39 is 0 Å². The SMILES string of the molecule is CCCCC[C@H](OCc1ccccc1)[C@H]1CC(OC)=CC(=O)N1. The number of carbonyl (C=O) groups excluding carboxylic acids is 1. The molecule has 1 aromatic carbocycles. The lowest BCUT2D eigenvalue weighted by molar-refractivity contribution is -0.119. The zero-order valence-corrected chi connectivity index (χ0v) is 14.1. The predicted octanol–water partition coefficient (Wildman–Crippen LogP) is 3.57. The average molecular weight is 317 g/mol. The minimum absolute atomic E-state index is 0.00422. The average Bonchev–Trinajstić information content (AvgIpc) is 2.58. The van der Waals surface area contributed by atoms with Gasteiger partial charge in [-0.3, -0.25) is 4.79 Å². The van der Waals surface area contributed by atoms with Crippen molar-refractivity contribution in [1.29, 1.82) is 0 Å². The summed E-state index contributed by atoms with van der Waals surface area (Å²) in [4.78, 5) is 11.8. The van der Waals surface area contributed by atoms with Crippen molar-refractivity contribution in [3.63, 3.8) is 0 Å². The molecule has 0 spiro atoms. The van der Waals surface area contributed by atoms with Gasteiger partial charge in [0.05, 0.1) is 25.9 Å². The molecule has 0 radical (unpaired) electrons. The molecule has 1 N–H and O–H groups in total. The first-order valence-corrected chi connectivity index (χ1v) is 8.43. The Morgan fingerprint density at radius 2 is 2.04 bits per heavy atom. The summed E-state index contributed by atoms with van der Waals surface area (Å²) in [6.07, 6.45) is 6.62. The molecule has 1 aliphatic rings. The van der Waals surface area contributed by atoms with Crippen molar-refractivity contribution in [1.82, 2.24) is 5.32 Å². The molecule has 2 atom stereocenters. The normalized spacial score (nSPS) is 19.0. The molecular weight excluding hydrogens is 290 g/mol. The molecule has 1 amide bonds. The molecule has 0 fully saturated rings. The Balaban J connectivity index is 1.98. The van der Waals surface area contributed by atoms with Crippen molar-refractivity contribution < 1.29 is 14.3 Å². The molecule has 23 heavy (non-hydrogen) atoms. The van der Waals surface area contributed by atoms with Gasteiger partial charge in [0.25, 0.3) is 0 Å². The van der Waals surface area contributed by atoms with E-state index in [0.717, 1.165) is 24.2 Å². The zero-order valence-electron chi connectivity index (χ0n) is 14.1. The predicted molar refractivity (Wildman–Crippen MR) is 90.8 cm³/mol. The number of unbranched alkanes of at least 4 members (excludes halogenated alkanes) is 2. The van der Waals surface area contributed by atoms with Gasteiger partial charge >= 0.3 is 0 Å². The van der Waals surface area contributed by atoms with E-state index in [1.807, 2.05) is 18.2 Å². The summed E-state index contributed by atoms with van der Waals surface area (Å²) >= 11 is 0. The third kappa shape index (κ3) is 5.71. The van der Waals surface area contributed by atoms with Crippen LogP contribution >= 0.6 is 0 Å². The van der Waals surface area contributed by atoms with Crippen molar-refractivity contribution in [3.05, 3.63) is 47.7 Å². The van der Waals surface area contributed by atoms with E-state index in [4.69, 9.17) is 9.47 Å². The van der Waals surface area contributed by atoms with Gasteiger partial charge in [-0.15, -0.1) is 0 Å². The molecule has 0 aliphatic carbocycles. The zero-order chi connectivity index (χ0) is 16.5. The Morgan fingerprint density at radius 1 is 1.26 bits per heavy atom. The number of hydrogen-bond acceptors (Lipinski definition) is 3. The first-order chi connectivity index (χ1) is 11.2. The lowest BCUT2D eigenvalue weighted by Crippen LogP contribution is -2.46. The van der Waals surface area contributed by atoms with Crippen LogP contribution in [0.2, 0.25) is 0 Å². The van der Waals surface area contributed by atoms with Crippen molar-refractivity contribution >= 4 is 5.91 Å². The highest BCUT2D eigenvalue weighted by Crippen LogP contribution is 2.21. The van der Waals surface area contributed by atoms with Crippen molar-refractivity contribution in [3.8, 4) is 0 Å². The molecular formula is C19H27NO3. The quantitative estimate of drug-likeness (QED) is 0.708. The van der Waals surface area contributed by atoms with Gasteiger partial charge in [0.2, 0.25) is 5.91 Å². The van der Waals surface area contributed by atoms with Crippen LogP contribution in [0.3, 0.4) is 0 Å². The number of rotatable bonds is 9. The second kappa shape index (κ2) is 9.36. The van der Waals surface area contributed by atoms with E-state index in [1.54, 1.807) is 7.11 Å². The van der Waals surface area contributed by atoms with Crippen LogP contribution in [0, 0.1) is 0 Å². The van der Waals surface area contributed by atoms with Crippen molar-refractivity contribution in [2.75, 3.05) is 7.11 Å². The molecule has 0 saturated heterocycles. The second-order valence-corrected chi connectivity index (χ2v) is 5.96. The van der Waals surface area contributed by atoms with Crippen LogP contribution in [0.15, 0.2) is 42.2 Å². The Bertz CT molecular complexity index is 513. The Morgan fingerprint density at radius 3 is 2.74 bits per heavy atom. The Labute approximate surface area is 138 Å². The van der Waals surface area contributed by atoms with Gasteiger partial charge in [0, 0.05) is 12.5 Å². The van der Waals surface area contributed by atoms with Gasteiger partial charge in [0.1, 0.15) is 5.76 Å². The largest absolute Gasteiger partial charge is 0.501 e. The summed E-state index contributed by atoms with van der Waals surface area (Å²) in [5.41, 5.74) is 1.15. The molecule has 1 aromatic rings. The van der Waals surface area contributed by atoms with Crippen LogP contribution in [0.4, 0.5) is 0 Å². The highest BCUT2D eigenvalue weighted by Gasteiger charge is 2.28. The number of nitrogens with one attached hydrogen (secondary N) is 1. The second-order valence-electron chi connectivity index (χ2n) is 5.96. The highest BCUT2D eigenvalue weighted by atomic mass is 16.5. The van der Waals surface area contributed by atoms with E-state index in [1.165, 1.54) is 18.9 Å². The van der Waals surface area contributed by atoms with E-state index in [2.05, 4.69) is 24.4 Å². The van der Waals surface area contributed by atoms with Gasteiger partial charge in [-0.2, -0.15) is 0 Å². The van der Waals surface area contributed by atoms with Crippen molar-refractivity contribution in [2.24, 2.45) is 0 Å². The third-order valence-corrected chi connectivity index (χ3v) is 4.15. The number of amides is 1. The number of benzene rings is 1. The third-order valence-electron chi connectivity index (χ3n) is 4.15. The molecule has 0 unspecified atom stereocenters. The van der Waals surface area contributed by atoms with Crippen LogP contribution in [-0.4, -0.2) is 25.2 Å². The fraction of sp³-hybridized carbons (Fsp3) is 0.526. The number of methoxy groups -OCH3 is 1. The van der Waals surface area contributed by atoms with E-state index in [-0.39, 0.29) is 18.1 Å².